The third-order valence-corrected chi connectivity index (χ3v) is 14.5. The molecule has 11 aromatic carbocycles. The van der Waals surface area contributed by atoms with E-state index in [4.69, 9.17) is 0 Å². The van der Waals surface area contributed by atoms with Gasteiger partial charge in [-0.25, -0.2) is 0 Å². The number of hydrogen-bond acceptors (Lipinski definition) is 1. The van der Waals surface area contributed by atoms with Crippen LogP contribution in [0.25, 0.3) is 94.3 Å². The zero-order valence-corrected chi connectivity index (χ0v) is 39.5. The van der Waals surface area contributed by atoms with Crippen LogP contribution < -0.4 is 4.90 Å². The zero-order chi connectivity index (χ0) is 51.0. The monoisotopic (exact) mass is 910 g/mol. The van der Waals surface area contributed by atoms with Gasteiger partial charge in [0.15, 0.2) is 0 Å². The topological polar surface area (TPSA) is 8.17 Å². The Morgan fingerprint density at radius 3 is 1.49 bits per heavy atom. The van der Waals surface area contributed by atoms with Crippen molar-refractivity contribution in [3.8, 4) is 72.4 Å². The normalized spacial score (nSPS) is 13.3. The summed E-state index contributed by atoms with van der Waals surface area (Å²) in [6.45, 7) is 4.58. The van der Waals surface area contributed by atoms with Crippen LogP contribution in [0.15, 0.2) is 267 Å². The van der Waals surface area contributed by atoms with Crippen LogP contribution >= 0.6 is 0 Å². The molecule has 1 aliphatic carbocycles. The maximum Gasteiger partial charge on any atom is 0.0645 e. The van der Waals surface area contributed by atoms with E-state index < -0.39 is 0 Å². The van der Waals surface area contributed by atoms with E-state index in [1.54, 1.807) is 0 Å². The Kier molecular flexibility index (Phi) is 9.20. The highest BCUT2D eigenvalue weighted by molar-refractivity contribution is 6.16. The lowest BCUT2D eigenvalue weighted by atomic mass is 9.82. The molecular formula is C69H50N2. The summed E-state index contributed by atoms with van der Waals surface area (Å²) in [5.74, 6) is 0. The van der Waals surface area contributed by atoms with Crippen molar-refractivity contribution in [1.29, 1.82) is 0 Å². The highest BCUT2D eigenvalue weighted by atomic mass is 15.1. The van der Waals surface area contributed by atoms with Crippen LogP contribution in [0.1, 0.15) is 30.5 Å². The highest BCUT2D eigenvalue weighted by Gasteiger charge is 2.36. The lowest BCUT2D eigenvalue weighted by molar-refractivity contribution is 0.660. The number of para-hydroxylation sites is 2. The van der Waals surface area contributed by atoms with Crippen LogP contribution in [0.3, 0.4) is 0 Å². The average Bonchev–Trinajstić information content (AvgIpc) is 3.96. The Bertz CT molecular complexity index is 4050. The Labute approximate surface area is 421 Å². The largest absolute Gasteiger partial charge is 0.311 e. The molecule has 0 radical (unpaired) electrons. The Balaban J connectivity index is 1.04. The molecule has 1 heterocycles. The fourth-order valence-corrected chi connectivity index (χ4v) is 11.0. The van der Waals surface area contributed by atoms with Gasteiger partial charge in [-0.3, -0.25) is 0 Å². The molecule has 0 aliphatic heterocycles. The summed E-state index contributed by atoms with van der Waals surface area (Å²) in [4.78, 5) is 1.87. The van der Waals surface area contributed by atoms with Gasteiger partial charge in [0, 0.05) is 38.9 Å². The second-order valence-electron chi connectivity index (χ2n) is 19.0. The van der Waals surface area contributed by atoms with Gasteiger partial charge in [0.2, 0.25) is 0 Å². The number of anilines is 3. The molecular weight excluding hydrogens is 857 g/mol. The van der Waals surface area contributed by atoms with Crippen LogP contribution in [0.2, 0.25) is 0 Å². The first-order valence-corrected chi connectivity index (χ1v) is 24.3. The lowest BCUT2D eigenvalue weighted by Gasteiger charge is -2.26. The number of rotatable bonds is 9. The Hall–Kier alpha value is -8.98. The molecule has 0 bridgehead atoms. The minimum absolute atomic E-state index is 0.121. The van der Waals surface area contributed by atoms with Gasteiger partial charge in [0.05, 0.1) is 16.5 Å². The van der Waals surface area contributed by atoms with Crippen LogP contribution in [-0.2, 0) is 5.41 Å². The number of fused-ring (bicyclic) bond motifs is 6. The summed E-state index contributed by atoms with van der Waals surface area (Å²) >= 11 is 0. The molecule has 0 fully saturated rings. The van der Waals surface area contributed by atoms with Gasteiger partial charge in [0.1, 0.15) is 0 Å². The third kappa shape index (κ3) is 7.27. The zero-order valence-electron chi connectivity index (χ0n) is 43.5. The van der Waals surface area contributed by atoms with Crippen LogP contribution in [0, 0.1) is 0 Å². The maximum absolute atomic E-state index is 10.1. The standard InChI is InChI=1S/C69H50N2/c1-69(2)63-28-14-12-24-61(63)67-59(26-16-29-64(67)69)53-44-52(45-54(46-53)60-27-17-31-66-68(60)62-25-13-15-30-65(62)71(66)55-22-10-5-11-23-55)51-36-42-58(43-37-51)70(56-38-32-49(33-39-56)47-18-6-3-7-19-47)57-40-34-50(35-41-57)48-20-8-4-9-21-48/h3-46H,1-2H3/i36D,37D,42D,43D. The van der Waals surface area contributed by atoms with E-state index in [-0.39, 0.29) is 40.8 Å². The fourth-order valence-electron chi connectivity index (χ4n) is 11.0. The average molecular weight is 911 g/mol. The molecule has 0 spiro atoms. The molecule has 13 rings (SSSR count). The van der Waals surface area contributed by atoms with Crippen LogP contribution in [-0.4, -0.2) is 4.57 Å². The number of benzene rings is 11. The van der Waals surface area contributed by atoms with E-state index in [0.717, 1.165) is 72.0 Å². The van der Waals surface area contributed by atoms with Gasteiger partial charge in [0.25, 0.3) is 0 Å². The number of aromatic nitrogens is 1. The molecule has 0 saturated heterocycles. The fraction of sp³-hybridized carbons (Fsp3) is 0.0435. The second kappa shape index (κ2) is 17.2. The van der Waals surface area contributed by atoms with E-state index in [0.29, 0.717) is 16.9 Å². The van der Waals surface area contributed by atoms with Gasteiger partial charge in [-0.2, -0.15) is 0 Å². The molecule has 1 aliphatic rings. The summed E-state index contributed by atoms with van der Waals surface area (Å²) in [7, 11) is 0. The van der Waals surface area contributed by atoms with Crippen molar-refractivity contribution in [2.45, 2.75) is 19.3 Å². The third-order valence-electron chi connectivity index (χ3n) is 14.5. The van der Waals surface area contributed by atoms with Crippen molar-refractivity contribution >= 4 is 38.9 Å². The predicted octanol–water partition coefficient (Wildman–Crippen LogP) is 18.9. The molecule has 0 atom stereocenters. The molecule has 2 heteroatoms. The highest BCUT2D eigenvalue weighted by Crippen LogP contribution is 2.53. The van der Waals surface area contributed by atoms with Gasteiger partial charge < -0.3 is 9.47 Å². The van der Waals surface area contributed by atoms with Crippen molar-refractivity contribution in [2.75, 3.05) is 4.90 Å². The Morgan fingerprint density at radius 1 is 0.352 bits per heavy atom. The number of hydrogen-bond donors (Lipinski definition) is 0. The van der Waals surface area contributed by atoms with Gasteiger partial charge in [-0.15, -0.1) is 0 Å². The smallest absolute Gasteiger partial charge is 0.0645 e. The summed E-state index contributed by atoms with van der Waals surface area (Å²) in [6.07, 6.45) is 0. The predicted molar refractivity (Wildman–Crippen MR) is 300 cm³/mol. The molecule has 12 aromatic rings. The van der Waals surface area contributed by atoms with Gasteiger partial charge in [-0.05, 0) is 157 Å². The van der Waals surface area contributed by atoms with Crippen molar-refractivity contribution in [3.05, 3.63) is 278 Å². The molecule has 2 nitrogen and oxygen atoms in total. The molecule has 71 heavy (non-hydrogen) atoms. The molecule has 0 amide bonds. The minimum Gasteiger partial charge on any atom is -0.311 e. The Morgan fingerprint density at radius 2 is 0.831 bits per heavy atom. The lowest BCUT2D eigenvalue weighted by Crippen LogP contribution is -2.14. The van der Waals surface area contributed by atoms with E-state index >= 15 is 0 Å². The molecule has 336 valence electrons. The van der Waals surface area contributed by atoms with Gasteiger partial charge in [-0.1, -0.05) is 202 Å². The van der Waals surface area contributed by atoms with Crippen molar-refractivity contribution in [3.63, 3.8) is 0 Å². The first kappa shape index (κ1) is 37.9. The van der Waals surface area contributed by atoms with Gasteiger partial charge >= 0.3 is 0 Å². The summed E-state index contributed by atoms with van der Waals surface area (Å²) in [5, 5.41) is 2.20. The number of nitrogens with zero attached hydrogens (tertiary/aromatic N) is 2. The summed E-state index contributed by atoms with van der Waals surface area (Å²) in [6, 6.07) is 83.1. The van der Waals surface area contributed by atoms with E-state index in [1.165, 1.54) is 22.3 Å². The molecule has 0 N–H and O–H groups in total. The minimum atomic E-state index is -0.235. The SMILES string of the molecule is [2H]c1c([2H])c(N(c2ccc(-c3ccccc3)cc2)c2ccc(-c3ccccc3)cc2)c([2H])c([2H])c1-c1cc(-c2cccc3c2-c2ccccc2C3(C)C)cc(-c2cccc3c2c2ccccc2n3-c2ccccc2)c1. The maximum atomic E-state index is 10.1. The second-order valence-corrected chi connectivity index (χ2v) is 19.0. The molecule has 0 saturated carbocycles. The van der Waals surface area contributed by atoms with Crippen molar-refractivity contribution < 1.29 is 5.48 Å². The van der Waals surface area contributed by atoms with Crippen molar-refractivity contribution in [1.82, 2.24) is 4.57 Å². The van der Waals surface area contributed by atoms with Crippen LogP contribution in [0.4, 0.5) is 17.1 Å². The first-order valence-electron chi connectivity index (χ1n) is 26.3. The summed E-state index contributed by atoms with van der Waals surface area (Å²) in [5.41, 5.74) is 18.4. The summed E-state index contributed by atoms with van der Waals surface area (Å²) < 4.78 is 42.5. The van der Waals surface area contributed by atoms with Crippen molar-refractivity contribution in [2.24, 2.45) is 0 Å². The molecule has 1 aromatic heterocycles. The quantitative estimate of drug-likeness (QED) is 0.140. The van der Waals surface area contributed by atoms with E-state index in [1.807, 2.05) is 95.9 Å². The van der Waals surface area contributed by atoms with E-state index in [9.17, 15) is 5.48 Å². The van der Waals surface area contributed by atoms with Crippen LogP contribution in [0.5, 0.6) is 0 Å². The molecule has 0 unspecified atom stereocenters. The first-order chi connectivity index (χ1) is 36.7. The van der Waals surface area contributed by atoms with E-state index in [2.05, 4.69) is 170 Å².